The lowest BCUT2D eigenvalue weighted by Gasteiger charge is -2.01. The lowest BCUT2D eigenvalue weighted by atomic mass is 10.2. The Morgan fingerprint density at radius 2 is 1.32 bits per heavy atom. The van der Waals surface area contributed by atoms with Crippen molar-refractivity contribution < 1.29 is 0 Å². The van der Waals surface area contributed by atoms with Gasteiger partial charge in [-0.05, 0) is 47.6 Å². The first-order chi connectivity index (χ1) is 10.6. The molecule has 0 heterocycles. The summed E-state index contributed by atoms with van der Waals surface area (Å²) in [4.78, 5) is 0. The summed E-state index contributed by atoms with van der Waals surface area (Å²) >= 11 is 16.8. The summed E-state index contributed by atoms with van der Waals surface area (Å²) in [6.45, 7) is 0. The number of rotatable bonds is 4. The van der Waals surface area contributed by atoms with Gasteiger partial charge in [0.1, 0.15) is 0 Å². The molecule has 0 aliphatic rings. The molecule has 0 spiro atoms. The molecule has 0 radical (unpaired) electrons. The third kappa shape index (κ3) is 5.81. The Hall–Kier alpha value is -1.95. The molecule has 0 aliphatic heterocycles. The van der Waals surface area contributed by atoms with Crippen LogP contribution in [0.4, 0.5) is 0 Å². The minimum absolute atomic E-state index is 0.275. The second-order valence-corrected chi connectivity index (χ2v) is 5.46. The van der Waals surface area contributed by atoms with E-state index < -0.39 is 0 Å². The number of hydrogen-bond acceptors (Lipinski definition) is 3. The predicted octanol–water partition coefficient (Wildman–Crippen LogP) is 3.83. The van der Waals surface area contributed by atoms with Crippen molar-refractivity contribution in [2.75, 3.05) is 0 Å². The molecule has 0 amide bonds. The molecule has 0 bridgehead atoms. The summed E-state index contributed by atoms with van der Waals surface area (Å²) in [5.74, 6) is 0. The average Bonchev–Trinajstić information content (AvgIpc) is 2.47. The van der Waals surface area contributed by atoms with Crippen LogP contribution >= 0.6 is 35.4 Å². The standard InChI is InChI=1S/C15H12Cl2N4S/c16-13-5-1-3-11(7-13)9-18-20-15(22)21-19-10-12-4-2-6-14(17)8-12/h1-10H,(H2,20,21,22)/b18-9+,19-10+. The van der Waals surface area contributed by atoms with Crippen LogP contribution in [0.15, 0.2) is 58.7 Å². The maximum absolute atomic E-state index is 5.88. The van der Waals surface area contributed by atoms with Gasteiger partial charge < -0.3 is 0 Å². The fraction of sp³-hybridized carbons (Fsp3) is 0. The van der Waals surface area contributed by atoms with E-state index in [1.54, 1.807) is 36.7 Å². The minimum Gasteiger partial charge on any atom is -0.252 e. The third-order valence-electron chi connectivity index (χ3n) is 2.46. The largest absolute Gasteiger partial charge is 0.252 e. The third-order valence-corrected chi connectivity index (χ3v) is 3.11. The molecule has 4 nitrogen and oxygen atoms in total. The molecule has 0 saturated heterocycles. The Morgan fingerprint density at radius 1 is 0.864 bits per heavy atom. The van der Waals surface area contributed by atoms with Gasteiger partial charge in [0.25, 0.3) is 0 Å². The van der Waals surface area contributed by atoms with Gasteiger partial charge in [-0.25, -0.2) is 0 Å². The molecule has 112 valence electrons. The highest BCUT2D eigenvalue weighted by atomic mass is 35.5. The van der Waals surface area contributed by atoms with Crippen LogP contribution in [0, 0.1) is 0 Å². The van der Waals surface area contributed by atoms with E-state index in [4.69, 9.17) is 35.4 Å². The number of halogens is 2. The van der Waals surface area contributed by atoms with E-state index in [1.807, 2.05) is 24.3 Å². The van der Waals surface area contributed by atoms with Gasteiger partial charge in [0.05, 0.1) is 12.4 Å². The fourth-order valence-corrected chi connectivity index (χ4v) is 2.03. The van der Waals surface area contributed by atoms with E-state index in [9.17, 15) is 0 Å². The van der Waals surface area contributed by atoms with Crippen molar-refractivity contribution in [1.82, 2.24) is 10.9 Å². The van der Waals surface area contributed by atoms with Gasteiger partial charge in [-0.2, -0.15) is 10.2 Å². The number of thiocarbonyl (C=S) groups is 1. The van der Waals surface area contributed by atoms with Crippen molar-refractivity contribution >= 4 is 53.0 Å². The molecule has 2 N–H and O–H groups in total. The number of hydrogen-bond donors (Lipinski definition) is 2. The minimum atomic E-state index is 0.275. The summed E-state index contributed by atoms with van der Waals surface area (Å²) in [5.41, 5.74) is 7.04. The quantitative estimate of drug-likeness (QED) is 0.500. The van der Waals surface area contributed by atoms with Crippen LogP contribution in [0.3, 0.4) is 0 Å². The van der Waals surface area contributed by atoms with Crippen molar-refractivity contribution in [1.29, 1.82) is 0 Å². The van der Waals surface area contributed by atoms with Gasteiger partial charge in [-0.3, -0.25) is 10.9 Å². The molecule has 2 rings (SSSR count). The molecule has 0 atom stereocenters. The van der Waals surface area contributed by atoms with Gasteiger partial charge >= 0.3 is 0 Å². The number of hydrazone groups is 2. The highest BCUT2D eigenvalue weighted by Crippen LogP contribution is 2.09. The molecule has 22 heavy (non-hydrogen) atoms. The van der Waals surface area contributed by atoms with Gasteiger partial charge in [0.2, 0.25) is 5.11 Å². The highest BCUT2D eigenvalue weighted by molar-refractivity contribution is 7.80. The topological polar surface area (TPSA) is 48.8 Å². The summed E-state index contributed by atoms with van der Waals surface area (Å²) in [7, 11) is 0. The summed E-state index contributed by atoms with van der Waals surface area (Å²) in [6, 6.07) is 14.6. The van der Waals surface area contributed by atoms with Crippen LogP contribution in [0.2, 0.25) is 10.0 Å². The monoisotopic (exact) mass is 350 g/mol. The molecule has 2 aromatic carbocycles. The van der Waals surface area contributed by atoms with Crippen LogP contribution in [0.1, 0.15) is 11.1 Å². The molecule has 0 unspecified atom stereocenters. The second kappa shape index (κ2) is 8.48. The maximum atomic E-state index is 5.88. The Balaban J connectivity index is 1.81. The number of benzene rings is 2. The molecule has 0 saturated carbocycles. The zero-order valence-corrected chi connectivity index (χ0v) is 13.7. The molecule has 0 aliphatic carbocycles. The SMILES string of the molecule is S=C(N/N=C/c1cccc(Cl)c1)N/N=C/c1cccc(Cl)c1. The predicted molar refractivity (Wildman–Crippen MR) is 97.0 cm³/mol. The molecule has 0 aromatic heterocycles. The Morgan fingerprint density at radius 3 is 1.73 bits per heavy atom. The van der Waals surface area contributed by atoms with Crippen LogP contribution in [0.25, 0.3) is 0 Å². The van der Waals surface area contributed by atoms with Gasteiger partial charge in [0.15, 0.2) is 0 Å². The molecule has 0 fully saturated rings. The second-order valence-electron chi connectivity index (χ2n) is 4.18. The van der Waals surface area contributed by atoms with Crippen LogP contribution in [-0.2, 0) is 0 Å². The number of nitrogens with one attached hydrogen (secondary N) is 2. The summed E-state index contributed by atoms with van der Waals surface area (Å²) < 4.78 is 0. The molecule has 2 aromatic rings. The van der Waals surface area contributed by atoms with Crippen molar-refractivity contribution in [2.45, 2.75) is 0 Å². The van der Waals surface area contributed by atoms with E-state index in [-0.39, 0.29) is 5.11 Å². The highest BCUT2D eigenvalue weighted by Gasteiger charge is 1.92. The normalized spacial score (nSPS) is 11.0. The lowest BCUT2D eigenvalue weighted by molar-refractivity contribution is 0.935. The van der Waals surface area contributed by atoms with Gasteiger partial charge in [-0.15, -0.1) is 0 Å². The van der Waals surface area contributed by atoms with Crippen LogP contribution < -0.4 is 10.9 Å². The van der Waals surface area contributed by atoms with Crippen molar-refractivity contribution in [3.05, 3.63) is 69.7 Å². The van der Waals surface area contributed by atoms with Gasteiger partial charge in [-0.1, -0.05) is 47.5 Å². The molecular formula is C15H12Cl2N4S. The van der Waals surface area contributed by atoms with Crippen LogP contribution in [-0.4, -0.2) is 17.5 Å². The lowest BCUT2D eigenvalue weighted by Crippen LogP contribution is -2.28. The Labute approximate surface area is 143 Å². The smallest absolute Gasteiger partial charge is 0.207 e. The zero-order chi connectivity index (χ0) is 15.8. The van der Waals surface area contributed by atoms with Crippen molar-refractivity contribution in [3.8, 4) is 0 Å². The van der Waals surface area contributed by atoms with E-state index in [1.165, 1.54) is 0 Å². The van der Waals surface area contributed by atoms with Gasteiger partial charge in [0, 0.05) is 10.0 Å². The van der Waals surface area contributed by atoms with E-state index in [0.717, 1.165) is 11.1 Å². The number of nitrogens with zero attached hydrogens (tertiary/aromatic N) is 2. The maximum Gasteiger partial charge on any atom is 0.207 e. The first kappa shape index (κ1) is 16.4. The Kier molecular flexibility index (Phi) is 6.33. The average molecular weight is 351 g/mol. The van der Waals surface area contributed by atoms with E-state index in [2.05, 4.69) is 21.1 Å². The fourth-order valence-electron chi connectivity index (χ4n) is 1.53. The first-order valence-corrected chi connectivity index (χ1v) is 7.43. The van der Waals surface area contributed by atoms with Crippen LogP contribution in [0.5, 0.6) is 0 Å². The first-order valence-electron chi connectivity index (χ1n) is 6.27. The zero-order valence-electron chi connectivity index (χ0n) is 11.3. The molecule has 7 heteroatoms. The summed E-state index contributed by atoms with van der Waals surface area (Å²) in [6.07, 6.45) is 3.22. The van der Waals surface area contributed by atoms with E-state index >= 15 is 0 Å². The summed E-state index contributed by atoms with van der Waals surface area (Å²) in [5, 5.41) is 9.55. The van der Waals surface area contributed by atoms with E-state index in [0.29, 0.717) is 10.0 Å². The Bertz CT molecular complexity index is 657. The van der Waals surface area contributed by atoms with Crippen molar-refractivity contribution in [2.24, 2.45) is 10.2 Å². The molecular weight excluding hydrogens is 339 g/mol. The van der Waals surface area contributed by atoms with Crippen molar-refractivity contribution in [3.63, 3.8) is 0 Å².